The van der Waals surface area contributed by atoms with Gasteiger partial charge in [-0.2, -0.15) is 0 Å². The summed E-state index contributed by atoms with van der Waals surface area (Å²) < 4.78 is 24.8. The number of piperidine rings is 1. The Morgan fingerprint density at radius 2 is 2.21 bits per heavy atom. The van der Waals surface area contributed by atoms with E-state index < -0.39 is 10.0 Å². The van der Waals surface area contributed by atoms with Gasteiger partial charge in [-0.3, -0.25) is 0 Å². The van der Waals surface area contributed by atoms with Crippen LogP contribution < -0.4 is 0 Å². The molecule has 0 radical (unpaired) electrons. The van der Waals surface area contributed by atoms with Crippen LogP contribution >= 0.6 is 11.6 Å². The van der Waals surface area contributed by atoms with Crippen molar-refractivity contribution in [2.75, 3.05) is 24.7 Å². The quantitative estimate of drug-likeness (QED) is 0.700. The van der Waals surface area contributed by atoms with Crippen LogP contribution in [0.15, 0.2) is 0 Å². The molecule has 0 aromatic heterocycles. The molecule has 1 fully saturated rings. The van der Waals surface area contributed by atoms with Crippen LogP contribution in [0.3, 0.4) is 0 Å². The predicted molar refractivity (Wildman–Crippen MR) is 59.1 cm³/mol. The van der Waals surface area contributed by atoms with Gasteiger partial charge in [-0.25, -0.2) is 12.7 Å². The molecule has 14 heavy (non-hydrogen) atoms. The maximum atomic E-state index is 11.6. The smallest absolute Gasteiger partial charge is 0.212 e. The first-order chi connectivity index (χ1) is 6.60. The molecular formula is C9H18ClNO2S. The monoisotopic (exact) mass is 239 g/mol. The summed E-state index contributed by atoms with van der Waals surface area (Å²) in [6.07, 6.45) is 3.01. The zero-order valence-electron chi connectivity index (χ0n) is 8.58. The van der Waals surface area contributed by atoms with E-state index in [9.17, 15) is 8.42 Å². The van der Waals surface area contributed by atoms with Gasteiger partial charge >= 0.3 is 0 Å². The van der Waals surface area contributed by atoms with E-state index in [0.29, 0.717) is 24.9 Å². The van der Waals surface area contributed by atoms with Crippen molar-refractivity contribution in [3.8, 4) is 0 Å². The molecule has 0 aliphatic carbocycles. The molecule has 84 valence electrons. The van der Waals surface area contributed by atoms with Crippen LogP contribution in [0.4, 0.5) is 0 Å². The first kappa shape index (κ1) is 12.3. The lowest BCUT2D eigenvalue weighted by atomic mass is 9.97. The van der Waals surface area contributed by atoms with E-state index >= 15 is 0 Å². The van der Waals surface area contributed by atoms with Gasteiger partial charge < -0.3 is 0 Å². The van der Waals surface area contributed by atoms with Gasteiger partial charge in [0.15, 0.2) is 0 Å². The molecule has 1 rings (SSSR count). The van der Waals surface area contributed by atoms with E-state index in [-0.39, 0.29) is 5.75 Å². The lowest BCUT2D eigenvalue weighted by molar-refractivity contribution is 0.262. The van der Waals surface area contributed by atoms with Gasteiger partial charge in [-0.05, 0) is 32.1 Å². The zero-order valence-corrected chi connectivity index (χ0v) is 10.1. The van der Waals surface area contributed by atoms with Crippen molar-refractivity contribution < 1.29 is 8.42 Å². The third-order valence-electron chi connectivity index (χ3n) is 2.76. The van der Waals surface area contributed by atoms with Crippen LogP contribution in [0.25, 0.3) is 0 Å². The number of rotatable bonds is 4. The Hall–Kier alpha value is 0.200. The minimum Gasteiger partial charge on any atom is -0.212 e. The molecule has 1 saturated heterocycles. The standard InChI is InChI=1S/C9H18ClNO2S/c1-2-14(12,13)11-7-3-4-9(8-11)5-6-10/h9H,2-8H2,1H3. The van der Waals surface area contributed by atoms with E-state index in [1.54, 1.807) is 11.2 Å². The number of hydrogen-bond acceptors (Lipinski definition) is 2. The molecule has 3 nitrogen and oxygen atoms in total. The summed E-state index contributed by atoms with van der Waals surface area (Å²) >= 11 is 5.66. The minimum atomic E-state index is -2.98. The molecule has 0 saturated carbocycles. The summed E-state index contributed by atoms with van der Waals surface area (Å²) in [6, 6.07) is 0. The van der Waals surface area contributed by atoms with Gasteiger partial charge in [0.1, 0.15) is 0 Å². The third-order valence-corrected chi connectivity index (χ3v) is 4.82. The number of hydrogen-bond donors (Lipinski definition) is 0. The van der Waals surface area contributed by atoms with Crippen molar-refractivity contribution in [3.05, 3.63) is 0 Å². The Bertz CT molecular complexity index is 264. The third kappa shape index (κ3) is 3.11. The summed E-state index contributed by atoms with van der Waals surface area (Å²) in [7, 11) is -2.98. The molecule has 5 heteroatoms. The predicted octanol–water partition coefficient (Wildman–Crippen LogP) is 1.68. The van der Waals surface area contributed by atoms with Crippen molar-refractivity contribution in [2.24, 2.45) is 5.92 Å². The molecule has 1 heterocycles. The van der Waals surface area contributed by atoms with E-state index in [2.05, 4.69) is 0 Å². The summed E-state index contributed by atoms with van der Waals surface area (Å²) in [6.45, 7) is 3.05. The van der Waals surface area contributed by atoms with Gasteiger partial charge in [0.25, 0.3) is 0 Å². The Labute approximate surface area is 91.5 Å². The lowest BCUT2D eigenvalue weighted by Gasteiger charge is -2.31. The van der Waals surface area contributed by atoms with Crippen molar-refractivity contribution in [3.63, 3.8) is 0 Å². The average molecular weight is 240 g/mol. The Kier molecular flexibility index (Phi) is 4.67. The molecule has 0 bridgehead atoms. The van der Waals surface area contributed by atoms with E-state index in [4.69, 9.17) is 11.6 Å². The van der Waals surface area contributed by atoms with Crippen molar-refractivity contribution in [1.29, 1.82) is 0 Å². The van der Waals surface area contributed by atoms with Crippen LogP contribution in [-0.4, -0.2) is 37.4 Å². The summed E-state index contributed by atoms with van der Waals surface area (Å²) in [4.78, 5) is 0. The molecule has 0 aromatic carbocycles. The summed E-state index contributed by atoms with van der Waals surface area (Å²) in [5.41, 5.74) is 0. The highest BCUT2D eigenvalue weighted by Crippen LogP contribution is 2.22. The summed E-state index contributed by atoms with van der Waals surface area (Å²) in [5.74, 6) is 1.30. The van der Waals surface area contributed by atoms with Crippen LogP contribution in [0, 0.1) is 5.92 Å². The highest BCUT2D eigenvalue weighted by molar-refractivity contribution is 7.89. The topological polar surface area (TPSA) is 37.4 Å². The Morgan fingerprint density at radius 1 is 1.50 bits per heavy atom. The normalized spacial score (nSPS) is 25.1. The second kappa shape index (κ2) is 5.33. The number of sulfonamides is 1. The fourth-order valence-corrected chi connectivity index (χ4v) is 3.37. The van der Waals surface area contributed by atoms with Gasteiger partial charge in [-0.15, -0.1) is 11.6 Å². The van der Waals surface area contributed by atoms with E-state index in [1.165, 1.54) is 0 Å². The highest BCUT2D eigenvalue weighted by atomic mass is 35.5. The minimum absolute atomic E-state index is 0.209. The molecule has 0 amide bonds. The molecule has 1 aliphatic rings. The molecule has 0 aromatic rings. The largest absolute Gasteiger partial charge is 0.213 e. The van der Waals surface area contributed by atoms with Crippen molar-refractivity contribution >= 4 is 21.6 Å². The van der Waals surface area contributed by atoms with Crippen LogP contribution in [0.1, 0.15) is 26.2 Å². The highest BCUT2D eigenvalue weighted by Gasteiger charge is 2.26. The molecule has 1 aliphatic heterocycles. The van der Waals surface area contributed by atoms with Gasteiger partial charge in [0.2, 0.25) is 10.0 Å². The Balaban J connectivity index is 2.56. The van der Waals surface area contributed by atoms with Crippen molar-refractivity contribution in [1.82, 2.24) is 4.31 Å². The second-order valence-electron chi connectivity index (χ2n) is 3.74. The van der Waals surface area contributed by atoms with Crippen LogP contribution in [-0.2, 0) is 10.0 Å². The SMILES string of the molecule is CCS(=O)(=O)N1CCCC(CCCl)C1. The molecule has 0 N–H and O–H groups in total. The van der Waals surface area contributed by atoms with Gasteiger partial charge in [0.05, 0.1) is 5.75 Å². The van der Waals surface area contributed by atoms with Crippen LogP contribution in [0.2, 0.25) is 0 Å². The molecular weight excluding hydrogens is 222 g/mol. The lowest BCUT2D eigenvalue weighted by Crippen LogP contribution is -2.40. The number of alkyl halides is 1. The fourth-order valence-electron chi connectivity index (χ4n) is 1.85. The number of halogens is 1. The average Bonchev–Trinajstić information content (AvgIpc) is 2.19. The molecule has 0 spiro atoms. The van der Waals surface area contributed by atoms with Crippen molar-refractivity contribution in [2.45, 2.75) is 26.2 Å². The van der Waals surface area contributed by atoms with E-state index in [0.717, 1.165) is 19.3 Å². The number of nitrogens with zero attached hydrogens (tertiary/aromatic N) is 1. The van der Waals surface area contributed by atoms with E-state index in [1.807, 2.05) is 0 Å². The van der Waals surface area contributed by atoms with Crippen LogP contribution in [0.5, 0.6) is 0 Å². The first-order valence-corrected chi connectivity index (χ1v) is 7.28. The molecule has 1 atom stereocenters. The Morgan fingerprint density at radius 3 is 2.79 bits per heavy atom. The maximum absolute atomic E-state index is 11.6. The first-order valence-electron chi connectivity index (χ1n) is 5.14. The zero-order chi connectivity index (χ0) is 10.6. The maximum Gasteiger partial charge on any atom is 0.213 e. The molecule has 1 unspecified atom stereocenters. The second-order valence-corrected chi connectivity index (χ2v) is 6.38. The van der Waals surface area contributed by atoms with Gasteiger partial charge in [0, 0.05) is 19.0 Å². The fraction of sp³-hybridized carbons (Fsp3) is 1.00. The summed E-state index contributed by atoms with van der Waals surface area (Å²) in [5, 5.41) is 0. The van der Waals surface area contributed by atoms with Gasteiger partial charge in [-0.1, -0.05) is 0 Å².